The third kappa shape index (κ3) is 5.02. The maximum Gasteiger partial charge on any atom is 0.291 e. The summed E-state index contributed by atoms with van der Waals surface area (Å²) >= 11 is 0. The van der Waals surface area contributed by atoms with E-state index in [-0.39, 0.29) is 16.6 Å². The van der Waals surface area contributed by atoms with E-state index in [1.807, 2.05) is 0 Å². The van der Waals surface area contributed by atoms with Gasteiger partial charge in [0, 0.05) is 18.8 Å². The van der Waals surface area contributed by atoms with E-state index < -0.39 is 26.0 Å². The van der Waals surface area contributed by atoms with Crippen molar-refractivity contribution in [3.05, 3.63) is 41.7 Å². The highest BCUT2D eigenvalue weighted by Gasteiger charge is 2.29. The molecule has 1 aliphatic rings. The Morgan fingerprint density at radius 3 is 2.40 bits per heavy atom. The van der Waals surface area contributed by atoms with Gasteiger partial charge in [0.1, 0.15) is 0 Å². The van der Waals surface area contributed by atoms with Gasteiger partial charge in [-0.2, -0.15) is 4.31 Å². The van der Waals surface area contributed by atoms with Crippen LogP contribution in [-0.4, -0.2) is 45.9 Å². The van der Waals surface area contributed by atoms with Crippen LogP contribution in [0.15, 0.2) is 39.8 Å². The Hall–Kier alpha value is -2.37. The Bertz CT molecular complexity index is 1130. The van der Waals surface area contributed by atoms with Crippen LogP contribution in [0.1, 0.15) is 42.3 Å². The Labute approximate surface area is 176 Å². The van der Waals surface area contributed by atoms with Gasteiger partial charge < -0.3 is 9.73 Å². The second-order valence-electron chi connectivity index (χ2n) is 7.07. The number of hydrogen-bond donors (Lipinski definition) is 2. The molecule has 30 heavy (non-hydrogen) atoms. The zero-order chi connectivity index (χ0) is 21.9. The molecule has 0 saturated carbocycles. The number of aryl methyl sites for hydroxylation is 1. The third-order valence-corrected chi connectivity index (χ3v) is 7.91. The summed E-state index contributed by atoms with van der Waals surface area (Å²) in [4.78, 5) is 12.5. The number of piperidine rings is 1. The molecule has 2 heterocycles. The molecule has 3 rings (SSSR count). The molecule has 1 aliphatic heterocycles. The normalized spacial score (nSPS) is 15.7. The van der Waals surface area contributed by atoms with Crippen LogP contribution in [0.4, 0.5) is 11.4 Å². The summed E-state index contributed by atoms with van der Waals surface area (Å²) in [5, 5.41) is 2.37. The predicted molar refractivity (Wildman–Crippen MR) is 114 cm³/mol. The molecule has 0 aliphatic carbocycles. The summed E-state index contributed by atoms with van der Waals surface area (Å²) in [5.74, 6) is -0.776. The first-order chi connectivity index (χ1) is 14.1. The number of nitrogens with one attached hydrogen (secondary N) is 2. The van der Waals surface area contributed by atoms with Gasteiger partial charge in [0.05, 0.1) is 11.4 Å². The number of sulfonamides is 2. The van der Waals surface area contributed by atoms with Crippen molar-refractivity contribution in [2.45, 2.75) is 38.2 Å². The fourth-order valence-corrected chi connectivity index (χ4v) is 5.24. The molecule has 1 amide bonds. The number of furan rings is 1. The molecule has 11 heteroatoms. The van der Waals surface area contributed by atoms with E-state index in [1.54, 1.807) is 25.1 Å². The number of rotatable bonds is 7. The average Bonchev–Trinajstić information content (AvgIpc) is 3.22. The number of nitrogens with zero attached hydrogens (tertiary/aromatic N) is 1. The molecule has 2 aromatic rings. The van der Waals surface area contributed by atoms with Gasteiger partial charge in [-0.3, -0.25) is 9.52 Å². The summed E-state index contributed by atoms with van der Waals surface area (Å²) in [6.07, 6.45) is 2.60. The minimum atomic E-state index is -3.76. The monoisotopic (exact) mass is 455 g/mol. The van der Waals surface area contributed by atoms with E-state index in [0.29, 0.717) is 30.0 Å². The topological polar surface area (TPSA) is 126 Å². The van der Waals surface area contributed by atoms with E-state index in [0.717, 1.165) is 19.3 Å². The van der Waals surface area contributed by atoms with Gasteiger partial charge in [-0.25, -0.2) is 16.8 Å². The van der Waals surface area contributed by atoms with Crippen molar-refractivity contribution in [3.63, 3.8) is 0 Å². The molecule has 0 unspecified atom stereocenters. The molecule has 1 aromatic carbocycles. The zero-order valence-electron chi connectivity index (χ0n) is 16.8. The quantitative estimate of drug-likeness (QED) is 0.661. The van der Waals surface area contributed by atoms with Crippen molar-refractivity contribution in [1.29, 1.82) is 0 Å². The molecule has 1 saturated heterocycles. The highest BCUT2D eigenvalue weighted by Crippen LogP contribution is 2.24. The minimum Gasteiger partial charge on any atom is -0.438 e. The summed E-state index contributed by atoms with van der Waals surface area (Å²) < 4.78 is 57.9. The maximum absolute atomic E-state index is 12.6. The standard InChI is InChI=1S/C19H25N3O6S2/c1-3-29(24,25)21-16-8-7-15(13-14(16)2)20-19(23)17-9-10-18(28-17)30(26,27)22-11-5-4-6-12-22/h7-10,13,21H,3-6,11-12H2,1-2H3,(H,20,23). The van der Waals surface area contributed by atoms with Crippen molar-refractivity contribution in [2.75, 3.05) is 28.9 Å². The average molecular weight is 456 g/mol. The lowest BCUT2D eigenvalue weighted by atomic mass is 10.2. The highest BCUT2D eigenvalue weighted by atomic mass is 32.2. The van der Waals surface area contributed by atoms with Crippen LogP contribution in [0.2, 0.25) is 0 Å². The molecule has 0 radical (unpaired) electrons. The number of anilines is 2. The second-order valence-corrected chi connectivity index (χ2v) is 11.0. The Morgan fingerprint density at radius 1 is 1.07 bits per heavy atom. The summed E-state index contributed by atoms with van der Waals surface area (Å²) in [5.41, 5.74) is 1.47. The van der Waals surface area contributed by atoms with Gasteiger partial charge in [0.2, 0.25) is 15.1 Å². The van der Waals surface area contributed by atoms with Gasteiger partial charge in [-0.05, 0) is 62.6 Å². The first-order valence-corrected chi connectivity index (χ1v) is 12.7. The molecule has 164 valence electrons. The first kappa shape index (κ1) is 22.3. The van der Waals surface area contributed by atoms with Crippen molar-refractivity contribution >= 4 is 37.3 Å². The lowest BCUT2D eigenvalue weighted by molar-refractivity contribution is 0.0991. The van der Waals surface area contributed by atoms with Crippen molar-refractivity contribution < 1.29 is 26.0 Å². The van der Waals surface area contributed by atoms with E-state index in [2.05, 4.69) is 10.0 Å². The second kappa shape index (κ2) is 8.78. The summed E-state index contributed by atoms with van der Waals surface area (Å²) in [6, 6.07) is 7.31. The number of carbonyl (C=O) groups excluding carboxylic acids is 1. The van der Waals surface area contributed by atoms with Gasteiger partial charge in [0.25, 0.3) is 15.9 Å². The van der Waals surface area contributed by atoms with Crippen LogP contribution in [-0.2, 0) is 20.0 Å². The molecule has 1 aromatic heterocycles. The van der Waals surface area contributed by atoms with Crippen molar-refractivity contribution in [3.8, 4) is 0 Å². The number of carbonyl (C=O) groups is 1. The van der Waals surface area contributed by atoms with E-state index >= 15 is 0 Å². The molecule has 2 N–H and O–H groups in total. The lowest BCUT2D eigenvalue weighted by Crippen LogP contribution is -2.35. The van der Waals surface area contributed by atoms with Gasteiger partial charge >= 0.3 is 0 Å². The largest absolute Gasteiger partial charge is 0.438 e. The van der Waals surface area contributed by atoms with E-state index in [4.69, 9.17) is 4.42 Å². The van der Waals surface area contributed by atoms with Crippen LogP contribution >= 0.6 is 0 Å². The Kier molecular flexibility index (Phi) is 6.53. The Balaban J connectivity index is 1.72. The molecular formula is C19H25N3O6S2. The van der Waals surface area contributed by atoms with Crippen LogP contribution < -0.4 is 10.0 Å². The molecular weight excluding hydrogens is 430 g/mol. The van der Waals surface area contributed by atoms with Crippen LogP contribution in [0.25, 0.3) is 0 Å². The fraction of sp³-hybridized carbons (Fsp3) is 0.421. The lowest BCUT2D eigenvalue weighted by Gasteiger charge is -2.24. The number of benzene rings is 1. The third-order valence-electron chi connectivity index (χ3n) is 4.84. The van der Waals surface area contributed by atoms with Gasteiger partial charge in [0.15, 0.2) is 5.76 Å². The number of amides is 1. The highest BCUT2D eigenvalue weighted by molar-refractivity contribution is 7.92. The molecule has 0 atom stereocenters. The van der Waals surface area contributed by atoms with E-state index in [1.165, 1.54) is 23.4 Å². The first-order valence-electron chi connectivity index (χ1n) is 9.65. The smallest absolute Gasteiger partial charge is 0.291 e. The molecule has 9 nitrogen and oxygen atoms in total. The minimum absolute atomic E-state index is 0.0495. The molecule has 0 bridgehead atoms. The summed E-state index contributed by atoms with van der Waals surface area (Å²) in [7, 11) is -7.17. The van der Waals surface area contributed by atoms with E-state index in [9.17, 15) is 21.6 Å². The van der Waals surface area contributed by atoms with Crippen LogP contribution in [0, 0.1) is 6.92 Å². The SMILES string of the molecule is CCS(=O)(=O)Nc1ccc(NC(=O)c2ccc(S(=O)(=O)N3CCCCC3)o2)cc1C. The molecule has 0 spiro atoms. The van der Waals surface area contributed by atoms with Crippen molar-refractivity contribution in [2.24, 2.45) is 0 Å². The van der Waals surface area contributed by atoms with Gasteiger partial charge in [-0.1, -0.05) is 6.42 Å². The predicted octanol–water partition coefficient (Wildman–Crippen LogP) is 2.78. The molecule has 1 fully saturated rings. The maximum atomic E-state index is 12.6. The summed E-state index contributed by atoms with van der Waals surface area (Å²) in [6.45, 7) is 4.13. The van der Waals surface area contributed by atoms with Gasteiger partial charge in [-0.15, -0.1) is 0 Å². The van der Waals surface area contributed by atoms with Crippen molar-refractivity contribution in [1.82, 2.24) is 4.31 Å². The number of hydrogen-bond acceptors (Lipinski definition) is 6. The zero-order valence-corrected chi connectivity index (χ0v) is 18.5. The fourth-order valence-electron chi connectivity index (χ4n) is 3.10. The van der Waals surface area contributed by atoms with Crippen LogP contribution in [0.5, 0.6) is 0 Å². The van der Waals surface area contributed by atoms with Crippen LogP contribution in [0.3, 0.4) is 0 Å². The Morgan fingerprint density at radius 2 is 1.77 bits per heavy atom.